The zero-order valence-corrected chi connectivity index (χ0v) is 24.4. The van der Waals surface area contributed by atoms with Gasteiger partial charge >= 0.3 is 17.8 Å². The van der Waals surface area contributed by atoms with E-state index in [9.17, 15) is 24.3 Å². The topological polar surface area (TPSA) is 148 Å². The van der Waals surface area contributed by atoms with Crippen LogP contribution in [0.3, 0.4) is 0 Å². The molecule has 6 rings (SSSR count). The van der Waals surface area contributed by atoms with E-state index in [0.717, 1.165) is 5.56 Å². The van der Waals surface area contributed by atoms with Gasteiger partial charge in [0.15, 0.2) is 0 Å². The monoisotopic (exact) mass is 601 g/mol. The van der Waals surface area contributed by atoms with Crippen LogP contribution in [0.5, 0.6) is 5.75 Å². The number of esters is 1. The highest BCUT2D eigenvalue weighted by Crippen LogP contribution is 2.41. The molecular weight excluding hydrogens is 566 g/mol. The Morgan fingerprint density at radius 2 is 1.89 bits per heavy atom. The fourth-order valence-electron chi connectivity index (χ4n) is 6.17. The average molecular weight is 602 g/mol. The third kappa shape index (κ3) is 6.46. The number of nitrogens with one attached hydrogen (secondary N) is 1. The molecule has 1 saturated carbocycles. The Morgan fingerprint density at radius 3 is 2.55 bits per heavy atom. The first-order valence-corrected chi connectivity index (χ1v) is 15.1. The number of hydrogen-bond acceptors (Lipinski definition) is 8. The number of aromatic carboxylic acids is 1. The Kier molecular flexibility index (Phi) is 8.36. The van der Waals surface area contributed by atoms with Crippen LogP contribution in [-0.4, -0.2) is 64.5 Å². The molecule has 3 fully saturated rings. The summed E-state index contributed by atoms with van der Waals surface area (Å²) in [5.74, 6) is -1.84. The number of piperidine rings is 1. The number of benzene rings is 2. The second-order valence-corrected chi connectivity index (χ2v) is 11.8. The number of carbonyl (C=O) groups excluding carboxylic acids is 3. The molecule has 2 N–H and O–H groups in total. The smallest absolute Gasteiger partial charge is 0.335 e. The minimum atomic E-state index is -1.07. The van der Waals surface area contributed by atoms with Crippen LogP contribution in [0.1, 0.15) is 94.7 Å². The number of aromatic nitrogens is 1. The summed E-state index contributed by atoms with van der Waals surface area (Å²) in [5, 5.41) is 13.0. The maximum Gasteiger partial charge on any atom is 0.335 e. The van der Waals surface area contributed by atoms with E-state index >= 15 is 0 Å². The van der Waals surface area contributed by atoms with E-state index in [4.69, 9.17) is 13.9 Å². The molecule has 0 radical (unpaired) electrons. The number of ether oxygens (including phenoxy) is 2. The number of carbonyl (C=O) groups is 4. The normalized spacial score (nSPS) is 21.3. The van der Waals surface area contributed by atoms with E-state index in [2.05, 4.69) is 22.4 Å². The molecule has 11 nitrogen and oxygen atoms in total. The first kappa shape index (κ1) is 29.4. The summed E-state index contributed by atoms with van der Waals surface area (Å²) in [5.41, 5.74) is 2.83. The van der Waals surface area contributed by atoms with Crippen molar-refractivity contribution in [1.82, 2.24) is 15.2 Å². The van der Waals surface area contributed by atoms with E-state index in [-0.39, 0.29) is 42.3 Å². The summed E-state index contributed by atoms with van der Waals surface area (Å²) in [4.78, 5) is 55.4. The Hall–Kier alpha value is -4.67. The van der Waals surface area contributed by atoms with E-state index in [0.29, 0.717) is 43.2 Å². The van der Waals surface area contributed by atoms with Gasteiger partial charge in [-0.25, -0.2) is 9.78 Å². The van der Waals surface area contributed by atoms with Crippen molar-refractivity contribution in [2.24, 2.45) is 5.92 Å². The molecule has 2 aromatic carbocycles. The van der Waals surface area contributed by atoms with Gasteiger partial charge in [0, 0.05) is 19.0 Å². The molecule has 0 spiro atoms. The fourth-order valence-corrected chi connectivity index (χ4v) is 6.17. The third-order valence-corrected chi connectivity index (χ3v) is 8.65. The van der Waals surface area contributed by atoms with Crippen LogP contribution in [0.15, 0.2) is 59.3 Å². The quantitative estimate of drug-likeness (QED) is 0.321. The van der Waals surface area contributed by atoms with Crippen molar-refractivity contribution in [3.63, 3.8) is 0 Å². The first-order chi connectivity index (χ1) is 21.3. The Morgan fingerprint density at radius 1 is 1.09 bits per heavy atom. The van der Waals surface area contributed by atoms with Crippen LogP contribution >= 0.6 is 0 Å². The lowest BCUT2D eigenvalue weighted by Gasteiger charge is -2.35. The molecule has 2 saturated heterocycles. The molecular formula is C33H35N3O8. The maximum atomic E-state index is 13.1. The predicted molar refractivity (Wildman–Crippen MR) is 156 cm³/mol. The van der Waals surface area contributed by atoms with Crippen molar-refractivity contribution in [2.45, 2.75) is 63.0 Å². The summed E-state index contributed by atoms with van der Waals surface area (Å²) < 4.78 is 16.7. The maximum absolute atomic E-state index is 13.1. The Bertz CT molecular complexity index is 1530. The number of nitrogens with zero attached hydrogens (tertiary/aromatic N) is 2. The molecule has 230 valence electrons. The van der Waals surface area contributed by atoms with Gasteiger partial charge in [-0.3, -0.25) is 14.4 Å². The average Bonchev–Trinajstić information content (AvgIpc) is 3.54. The van der Waals surface area contributed by atoms with Gasteiger partial charge in [-0.05, 0) is 73.4 Å². The summed E-state index contributed by atoms with van der Waals surface area (Å²) in [6, 6.07) is 12.5. The number of cyclic esters (lactones) is 1. The molecule has 0 unspecified atom stereocenters. The number of likely N-dealkylation sites (tertiary alicyclic amines) is 1. The SMILES string of the molecule is C[C@H](NC(=O)c1ncco1)[C@H](Oc1ccc(C(=O)O)c([C@@H]2CCCN(C(=O)[C@H]3COC(=O)C3)C2)c1)c1ccc(C2CC2)cc1. The van der Waals surface area contributed by atoms with E-state index in [1.54, 1.807) is 17.0 Å². The van der Waals surface area contributed by atoms with Gasteiger partial charge in [-0.2, -0.15) is 0 Å². The van der Waals surface area contributed by atoms with Gasteiger partial charge in [-0.1, -0.05) is 24.3 Å². The van der Waals surface area contributed by atoms with Crippen LogP contribution in [-0.2, 0) is 14.3 Å². The zero-order chi connectivity index (χ0) is 30.8. The largest absolute Gasteiger partial charge is 0.484 e. The minimum absolute atomic E-state index is 0.0577. The molecule has 11 heteroatoms. The fraction of sp³-hybridized carbons (Fsp3) is 0.424. The van der Waals surface area contributed by atoms with E-state index < -0.39 is 29.9 Å². The van der Waals surface area contributed by atoms with Gasteiger partial charge < -0.3 is 29.2 Å². The molecule has 1 aromatic heterocycles. The first-order valence-electron chi connectivity index (χ1n) is 15.1. The van der Waals surface area contributed by atoms with Crippen molar-refractivity contribution in [3.05, 3.63) is 83.1 Å². The number of amides is 2. The molecule has 1 aliphatic carbocycles. The van der Waals surface area contributed by atoms with Gasteiger partial charge in [0.2, 0.25) is 5.91 Å². The molecule has 3 aliphatic rings. The highest BCUT2D eigenvalue weighted by molar-refractivity contribution is 5.90. The lowest BCUT2D eigenvalue weighted by molar-refractivity contribution is -0.138. The standard InChI is InChI=1S/C33H35N3O8/c1-19(35-30(38)31-34-12-14-42-31)29(22-8-6-21(7-9-22)20-4-5-20)44-25-10-11-26(33(40)41)27(16-25)23-3-2-13-36(17-23)32(39)24-15-28(37)43-18-24/h6-12,14,16,19-20,23-24,29H,2-5,13,15,17-18H2,1H3,(H,35,38)(H,40,41)/t19-,23+,24+,29-/m0/s1. The van der Waals surface area contributed by atoms with Gasteiger partial charge in [-0.15, -0.1) is 0 Å². The molecule has 3 heterocycles. The van der Waals surface area contributed by atoms with E-state index in [1.165, 1.54) is 36.9 Å². The van der Waals surface area contributed by atoms with Crippen LogP contribution < -0.4 is 10.1 Å². The van der Waals surface area contributed by atoms with Crippen LogP contribution in [0.4, 0.5) is 0 Å². The third-order valence-electron chi connectivity index (χ3n) is 8.65. The summed E-state index contributed by atoms with van der Waals surface area (Å²) in [6.45, 7) is 2.78. The second kappa shape index (κ2) is 12.5. The summed E-state index contributed by atoms with van der Waals surface area (Å²) in [7, 11) is 0. The number of carboxylic acid groups (broad SMARTS) is 1. The Balaban J connectivity index is 1.26. The predicted octanol–water partition coefficient (Wildman–Crippen LogP) is 4.46. The second-order valence-electron chi connectivity index (χ2n) is 11.8. The van der Waals surface area contributed by atoms with Crippen LogP contribution in [0.25, 0.3) is 0 Å². The molecule has 0 bridgehead atoms. The number of carboxylic acids is 1. The molecule has 3 aromatic rings. The Labute approximate surface area is 254 Å². The lowest BCUT2D eigenvalue weighted by Crippen LogP contribution is -2.42. The number of hydrogen-bond donors (Lipinski definition) is 2. The minimum Gasteiger partial charge on any atom is -0.484 e. The number of oxazole rings is 1. The number of rotatable bonds is 10. The van der Waals surface area contributed by atoms with Crippen molar-refractivity contribution in [3.8, 4) is 5.75 Å². The van der Waals surface area contributed by atoms with Crippen LogP contribution in [0, 0.1) is 5.92 Å². The molecule has 44 heavy (non-hydrogen) atoms. The molecule has 2 aliphatic heterocycles. The van der Waals surface area contributed by atoms with Crippen molar-refractivity contribution in [2.75, 3.05) is 19.7 Å². The van der Waals surface area contributed by atoms with Crippen molar-refractivity contribution in [1.29, 1.82) is 0 Å². The summed E-state index contributed by atoms with van der Waals surface area (Å²) >= 11 is 0. The lowest BCUT2D eigenvalue weighted by atomic mass is 9.86. The van der Waals surface area contributed by atoms with Crippen molar-refractivity contribution >= 4 is 23.8 Å². The van der Waals surface area contributed by atoms with Gasteiger partial charge in [0.25, 0.3) is 5.89 Å². The van der Waals surface area contributed by atoms with Crippen LogP contribution in [0.2, 0.25) is 0 Å². The van der Waals surface area contributed by atoms with Crippen molar-refractivity contribution < 1.29 is 38.2 Å². The molecule has 2 amide bonds. The van der Waals surface area contributed by atoms with E-state index in [1.807, 2.05) is 19.1 Å². The van der Waals surface area contributed by atoms with Gasteiger partial charge in [0.05, 0.1) is 30.1 Å². The summed E-state index contributed by atoms with van der Waals surface area (Å²) in [6.07, 6.45) is 5.93. The highest BCUT2D eigenvalue weighted by Gasteiger charge is 2.36. The van der Waals surface area contributed by atoms with Gasteiger partial charge in [0.1, 0.15) is 24.7 Å². The highest BCUT2D eigenvalue weighted by atomic mass is 16.5. The zero-order valence-electron chi connectivity index (χ0n) is 24.4. The molecule has 4 atom stereocenters.